The van der Waals surface area contributed by atoms with Gasteiger partial charge < -0.3 is 18.9 Å². The zero-order valence-electron chi connectivity index (χ0n) is 18.8. The van der Waals surface area contributed by atoms with Crippen LogP contribution in [0.3, 0.4) is 0 Å². The van der Waals surface area contributed by atoms with Gasteiger partial charge >= 0.3 is 0 Å². The number of aryl methyl sites for hydroxylation is 1. The summed E-state index contributed by atoms with van der Waals surface area (Å²) >= 11 is 0. The van der Waals surface area contributed by atoms with Gasteiger partial charge in [-0.05, 0) is 50.1 Å². The van der Waals surface area contributed by atoms with Crippen molar-refractivity contribution in [2.24, 2.45) is 0 Å². The SMILES string of the molecule is CCOc1cc(S(=O)(=O)N2CCN(Cc3ccc4c(c3)OCO4)CC2)c(OCC)cc1C. The number of sulfonamides is 1. The van der Waals surface area contributed by atoms with Crippen LogP contribution in [0.2, 0.25) is 0 Å². The Balaban J connectivity index is 1.47. The first kappa shape index (κ1) is 22.7. The molecule has 2 aromatic carbocycles. The van der Waals surface area contributed by atoms with E-state index in [4.69, 9.17) is 18.9 Å². The predicted molar refractivity (Wildman–Crippen MR) is 120 cm³/mol. The fraction of sp³-hybridized carbons (Fsp3) is 0.478. The Morgan fingerprint density at radius 1 is 0.906 bits per heavy atom. The Morgan fingerprint density at radius 2 is 1.59 bits per heavy atom. The number of piperazine rings is 1. The number of ether oxygens (including phenoxy) is 4. The number of rotatable bonds is 8. The number of hydrogen-bond acceptors (Lipinski definition) is 7. The monoisotopic (exact) mass is 462 g/mol. The van der Waals surface area contributed by atoms with Gasteiger partial charge in [-0.1, -0.05) is 6.07 Å². The van der Waals surface area contributed by atoms with Crippen LogP contribution in [0.5, 0.6) is 23.0 Å². The minimum Gasteiger partial charge on any atom is -0.494 e. The Bertz CT molecular complexity index is 1060. The van der Waals surface area contributed by atoms with E-state index in [2.05, 4.69) is 4.90 Å². The zero-order chi connectivity index (χ0) is 22.7. The van der Waals surface area contributed by atoms with Crippen LogP contribution in [-0.2, 0) is 16.6 Å². The van der Waals surface area contributed by atoms with Crippen LogP contribution in [0.1, 0.15) is 25.0 Å². The summed E-state index contributed by atoms with van der Waals surface area (Å²) in [6.07, 6.45) is 0. The van der Waals surface area contributed by atoms with Crippen LogP contribution < -0.4 is 18.9 Å². The molecular formula is C23H30N2O6S. The Morgan fingerprint density at radius 3 is 2.31 bits per heavy atom. The predicted octanol–water partition coefficient (Wildman–Crippen LogP) is 3.03. The van der Waals surface area contributed by atoms with Gasteiger partial charge in [0.2, 0.25) is 16.8 Å². The maximum Gasteiger partial charge on any atom is 0.246 e. The van der Waals surface area contributed by atoms with E-state index < -0.39 is 10.0 Å². The molecule has 174 valence electrons. The van der Waals surface area contributed by atoms with Crippen molar-refractivity contribution >= 4 is 10.0 Å². The number of benzene rings is 2. The lowest BCUT2D eigenvalue weighted by molar-refractivity contribution is 0.173. The summed E-state index contributed by atoms with van der Waals surface area (Å²) in [6, 6.07) is 9.27. The van der Waals surface area contributed by atoms with Crippen molar-refractivity contribution in [3.63, 3.8) is 0 Å². The lowest BCUT2D eigenvalue weighted by atomic mass is 10.2. The zero-order valence-corrected chi connectivity index (χ0v) is 19.6. The van der Waals surface area contributed by atoms with E-state index in [9.17, 15) is 8.42 Å². The van der Waals surface area contributed by atoms with Crippen LogP contribution in [0, 0.1) is 6.92 Å². The highest BCUT2D eigenvalue weighted by Gasteiger charge is 2.32. The molecule has 0 spiro atoms. The molecule has 0 unspecified atom stereocenters. The summed E-state index contributed by atoms with van der Waals surface area (Å²) in [5.74, 6) is 2.46. The third-order valence-electron chi connectivity index (χ3n) is 5.63. The van der Waals surface area contributed by atoms with Gasteiger partial charge in [0.15, 0.2) is 11.5 Å². The molecule has 0 bridgehead atoms. The summed E-state index contributed by atoms with van der Waals surface area (Å²) < 4.78 is 50.6. The molecule has 0 radical (unpaired) electrons. The molecule has 0 atom stereocenters. The Hall–Kier alpha value is -2.49. The van der Waals surface area contributed by atoms with E-state index in [1.807, 2.05) is 39.0 Å². The van der Waals surface area contributed by atoms with Gasteiger partial charge in [-0.25, -0.2) is 8.42 Å². The van der Waals surface area contributed by atoms with E-state index >= 15 is 0 Å². The Kier molecular flexibility index (Phi) is 6.78. The summed E-state index contributed by atoms with van der Waals surface area (Å²) in [5, 5.41) is 0. The summed E-state index contributed by atoms with van der Waals surface area (Å²) in [6.45, 7) is 9.55. The molecule has 0 saturated carbocycles. The molecule has 2 aromatic rings. The largest absolute Gasteiger partial charge is 0.494 e. The van der Waals surface area contributed by atoms with E-state index in [1.165, 1.54) is 4.31 Å². The molecular weight excluding hydrogens is 432 g/mol. The first-order chi connectivity index (χ1) is 15.4. The molecule has 1 fully saturated rings. The topological polar surface area (TPSA) is 77.5 Å². The molecule has 0 aliphatic carbocycles. The van der Waals surface area contributed by atoms with Crippen LogP contribution in [-0.4, -0.2) is 63.8 Å². The molecule has 1 saturated heterocycles. The smallest absolute Gasteiger partial charge is 0.246 e. The molecule has 0 amide bonds. The second-order valence-electron chi connectivity index (χ2n) is 7.80. The van der Waals surface area contributed by atoms with Crippen molar-refractivity contribution in [1.82, 2.24) is 9.21 Å². The van der Waals surface area contributed by atoms with Gasteiger partial charge in [-0.2, -0.15) is 4.31 Å². The number of fused-ring (bicyclic) bond motifs is 1. The van der Waals surface area contributed by atoms with Crippen molar-refractivity contribution in [3.05, 3.63) is 41.5 Å². The molecule has 2 aliphatic heterocycles. The average molecular weight is 463 g/mol. The molecule has 0 N–H and O–H groups in total. The second-order valence-corrected chi connectivity index (χ2v) is 9.70. The summed E-state index contributed by atoms with van der Waals surface area (Å²) in [7, 11) is -3.71. The summed E-state index contributed by atoms with van der Waals surface area (Å²) in [4.78, 5) is 2.41. The number of hydrogen-bond donors (Lipinski definition) is 0. The van der Waals surface area contributed by atoms with Crippen LogP contribution in [0.15, 0.2) is 35.2 Å². The van der Waals surface area contributed by atoms with Gasteiger partial charge in [0.1, 0.15) is 16.4 Å². The van der Waals surface area contributed by atoms with E-state index in [1.54, 1.807) is 12.1 Å². The highest BCUT2D eigenvalue weighted by Crippen LogP contribution is 2.35. The highest BCUT2D eigenvalue weighted by molar-refractivity contribution is 7.89. The molecule has 4 rings (SSSR count). The molecule has 8 nitrogen and oxygen atoms in total. The molecule has 32 heavy (non-hydrogen) atoms. The van der Waals surface area contributed by atoms with E-state index in [-0.39, 0.29) is 11.7 Å². The van der Waals surface area contributed by atoms with Gasteiger partial charge in [0, 0.05) is 38.8 Å². The van der Waals surface area contributed by atoms with Gasteiger partial charge in [-0.3, -0.25) is 4.90 Å². The lowest BCUT2D eigenvalue weighted by Crippen LogP contribution is -2.48. The van der Waals surface area contributed by atoms with Gasteiger partial charge in [-0.15, -0.1) is 0 Å². The minimum atomic E-state index is -3.71. The van der Waals surface area contributed by atoms with Crippen molar-refractivity contribution in [2.75, 3.05) is 46.2 Å². The fourth-order valence-electron chi connectivity index (χ4n) is 3.99. The molecule has 2 heterocycles. The highest BCUT2D eigenvalue weighted by atomic mass is 32.2. The first-order valence-electron chi connectivity index (χ1n) is 10.9. The average Bonchev–Trinajstić information content (AvgIpc) is 3.24. The van der Waals surface area contributed by atoms with E-state index in [0.29, 0.717) is 50.9 Å². The third kappa shape index (κ3) is 4.65. The molecule has 0 aromatic heterocycles. The number of nitrogens with zero attached hydrogens (tertiary/aromatic N) is 2. The quantitative estimate of drug-likeness (QED) is 0.597. The van der Waals surface area contributed by atoms with Gasteiger partial charge in [0.05, 0.1) is 13.2 Å². The van der Waals surface area contributed by atoms with Crippen molar-refractivity contribution < 1.29 is 27.4 Å². The Labute approximate surface area is 189 Å². The van der Waals surface area contributed by atoms with Crippen LogP contribution >= 0.6 is 0 Å². The molecule has 2 aliphatic rings. The minimum absolute atomic E-state index is 0.164. The van der Waals surface area contributed by atoms with Crippen molar-refractivity contribution in [3.8, 4) is 23.0 Å². The van der Waals surface area contributed by atoms with Crippen LogP contribution in [0.25, 0.3) is 0 Å². The standard InChI is InChI=1S/C23H30N2O6S/c1-4-28-20-14-23(22(29-5-2)12-17(20)3)32(26,27)25-10-8-24(9-11-25)15-18-6-7-19-21(13-18)31-16-30-19/h6-7,12-14H,4-5,8-11,15-16H2,1-3H3. The fourth-order valence-corrected chi connectivity index (χ4v) is 5.54. The van der Waals surface area contributed by atoms with E-state index in [0.717, 1.165) is 29.2 Å². The lowest BCUT2D eigenvalue weighted by Gasteiger charge is -2.34. The van der Waals surface area contributed by atoms with Gasteiger partial charge in [0.25, 0.3) is 0 Å². The van der Waals surface area contributed by atoms with Crippen LogP contribution in [0.4, 0.5) is 0 Å². The normalized spacial score (nSPS) is 16.8. The summed E-state index contributed by atoms with van der Waals surface area (Å²) in [5.41, 5.74) is 1.96. The maximum absolute atomic E-state index is 13.5. The molecule has 9 heteroatoms. The van der Waals surface area contributed by atoms with Crippen molar-refractivity contribution in [1.29, 1.82) is 0 Å². The third-order valence-corrected chi connectivity index (χ3v) is 7.55. The van der Waals surface area contributed by atoms with Crippen molar-refractivity contribution in [2.45, 2.75) is 32.2 Å². The second kappa shape index (κ2) is 9.56. The maximum atomic E-state index is 13.5. The first-order valence-corrected chi connectivity index (χ1v) is 12.4.